The summed E-state index contributed by atoms with van der Waals surface area (Å²) in [6.45, 7) is 1.93. The van der Waals surface area contributed by atoms with E-state index in [0.717, 1.165) is 5.56 Å². The molecule has 0 N–H and O–H groups in total. The van der Waals surface area contributed by atoms with Crippen LogP contribution in [0.3, 0.4) is 0 Å². The molecule has 1 aliphatic carbocycles. The zero-order chi connectivity index (χ0) is 10.2. The molecule has 0 aromatic heterocycles. The second kappa shape index (κ2) is 3.23. The van der Waals surface area contributed by atoms with Crippen LogP contribution >= 0.6 is 0 Å². The molecule has 1 nitrogen and oxygen atoms in total. The fourth-order valence-electron chi connectivity index (χ4n) is 1.49. The van der Waals surface area contributed by atoms with Crippen molar-refractivity contribution in [2.75, 3.05) is 0 Å². The minimum absolute atomic E-state index is 0.172. The molecule has 2 rings (SSSR count). The van der Waals surface area contributed by atoms with E-state index < -0.39 is 5.92 Å². The van der Waals surface area contributed by atoms with Gasteiger partial charge in [-0.2, -0.15) is 0 Å². The van der Waals surface area contributed by atoms with Crippen LogP contribution in [0.2, 0.25) is 0 Å². The Bertz CT molecular complexity index is 328. The van der Waals surface area contributed by atoms with Gasteiger partial charge in [0.2, 0.25) is 0 Å². The Morgan fingerprint density at radius 1 is 1.50 bits per heavy atom. The van der Waals surface area contributed by atoms with Gasteiger partial charge >= 0.3 is 0 Å². The van der Waals surface area contributed by atoms with Crippen LogP contribution < -0.4 is 4.74 Å². The highest BCUT2D eigenvalue weighted by molar-refractivity contribution is 5.26. The maximum atomic E-state index is 12.5. The molecule has 1 aromatic rings. The van der Waals surface area contributed by atoms with Crippen LogP contribution in [0.1, 0.15) is 18.4 Å². The Morgan fingerprint density at radius 3 is 2.79 bits per heavy atom. The van der Waals surface area contributed by atoms with Crippen molar-refractivity contribution < 1.29 is 13.5 Å². The number of rotatable bonds is 2. The highest BCUT2D eigenvalue weighted by Crippen LogP contribution is 2.39. The zero-order valence-corrected chi connectivity index (χ0v) is 7.89. The molecular formula is C11H11F2O. The number of alkyl halides is 2. The molecule has 1 saturated carbocycles. The molecule has 0 bridgehead atoms. The molecule has 1 fully saturated rings. The number of hydrogen-bond acceptors (Lipinski definition) is 1. The van der Waals surface area contributed by atoms with Gasteiger partial charge in [-0.3, -0.25) is 0 Å². The predicted octanol–water partition coefficient (Wildman–Crippen LogP) is 2.97. The summed E-state index contributed by atoms with van der Waals surface area (Å²) >= 11 is 0. The number of halogens is 2. The third kappa shape index (κ3) is 2.03. The highest BCUT2D eigenvalue weighted by Gasteiger charge is 2.46. The molecule has 1 aromatic carbocycles. The van der Waals surface area contributed by atoms with Crippen LogP contribution in [0, 0.1) is 13.0 Å². The van der Waals surface area contributed by atoms with Crippen molar-refractivity contribution >= 4 is 0 Å². The summed E-state index contributed by atoms with van der Waals surface area (Å²) in [5.41, 5.74) is 1.05. The lowest BCUT2D eigenvalue weighted by molar-refractivity contribution is -0.134. The second-order valence-electron chi connectivity index (χ2n) is 3.73. The van der Waals surface area contributed by atoms with Gasteiger partial charge < -0.3 is 4.74 Å². The molecule has 0 aliphatic heterocycles. The molecule has 0 heterocycles. The van der Waals surface area contributed by atoms with Gasteiger partial charge in [-0.1, -0.05) is 12.1 Å². The van der Waals surface area contributed by atoms with Crippen molar-refractivity contribution in [2.24, 2.45) is 0 Å². The maximum absolute atomic E-state index is 12.5. The largest absolute Gasteiger partial charge is 0.489 e. The molecule has 3 heteroatoms. The van der Waals surface area contributed by atoms with Gasteiger partial charge in [0, 0.05) is 18.9 Å². The molecule has 1 radical (unpaired) electrons. The molecule has 1 aliphatic rings. The van der Waals surface area contributed by atoms with Crippen LogP contribution in [0.4, 0.5) is 8.78 Å². The average Bonchev–Trinajstić information content (AvgIpc) is 2.00. The van der Waals surface area contributed by atoms with Gasteiger partial charge in [-0.25, -0.2) is 8.78 Å². The summed E-state index contributed by atoms with van der Waals surface area (Å²) in [5, 5.41) is 0. The van der Waals surface area contributed by atoms with Gasteiger partial charge in [0.1, 0.15) is 11.9 Å². The molecule has 0 saturated heterocycles. The third-order valence-electron chi connectivity index (χ3n) is 2.28. The molecule has 75 valence electrons. The minimum atomic E-state index is -2.52. The Balaban J connectivity index is 1.93. The summed E-state index contributed by atoms with van der Waals surface area (Å²) in [7, 11) is 0. The first-order valence-electron chi connectivity index (χ1n) is 4.58. The maximum Gasteiger partial charge on any atom is 0.255 e. The van der Waals surface area contributed by atoms with Crippen LogP contribution in [0.15, 0.2) is 18.2 Å². The summed E-state index contributed by atoms with van der Waals surface area (Å²) in [5.74, 6) is -1.96. The minimum Gasteiger partial charge on any atom is -0.489 e. The number of ether oxygens (including phenoxy) is 1. The predicted molar refractivity (Wildman–Crippen MR) is 48.6 cm³/mol. The smallest absolute Gasteiger partial charge is 0.255 e. The lowest BCUT2D eigenvalue weighted by atomic mass is 9.91. The van der Waals surface area contributed by atoms with E-state index >= 15 is 0 Å². The molecule has 0 unspecified atom stereocenters. The SMILES string of the molecule is Cc1cc[c]c(OC2CC(F)(F)C2)c1. The third-order valence-corrected chi connectivity index (χ3v) is 2.28. The number of hydrogen-bond donors (Lipinski definition) is 0. The normalized spacial score (nSPS) is 20.2. The Hall–Kier alpha value is -1.12. The fraction of sp³-hybridized carbons (Fsp3) is 0.455. The quantitative estimate of drug-likeness (QED) is 0.708. The Kier molecular flexibility index (Phi) is 2.17. The van der Waals surface area contributed by atoms with Crippen molar-refractivity contribution in [3.63, 3.8) is 0 Å². The molecule has 0 atom stereocenters. The first-order valence-corrected chi connectivity index (χ1v) is 4.58. The number of benzene rings is 1. The zero-order valence-electron chi connectivity index (χ0n) is 7.89. The van der Waals surface area contributed by atoms with E-state index in [9.17, 15) is 8.78 Å². The van der Waals surface area contributed by atoms with E-state index in [4.69, 9.17) is 4.74 Å². The van der Waals surface area contributed by atoms with Gasteiger partial charge in [0.25, 0.3) is 5.92 Å². The van der Waals surface area contributed by atoms with Crippen molar-refractivity contribution in [1.29, 1.82) is 0 Å². The van der Waals surface area contributed by atoms with Crippen molar-refractivity contribution in [3.8, 4) is 5.75 Å². The van der Waals surface area contributed by atoms with Crippen LogP contribution in [0.25, 0.3) is 0 Å². The van der Waals surface area contributed by atoms with Crippen LogP contribution in [0.5, 0.6) is 5.75 Å². The van der Waals surface area contributed by atoms with E-state index in [-0.39, 0.29) is 18.9 Å². The summed E-state index contributed by atoms with van der Waals surface area (Å²) < 4.78 is 30.3. The van der Waals surface area contributed by atoms with E-state index in [2.05, 4.69) is 6.07 Å². The van der Waals surface area contributed by atoms with E-state index in [0.29, 0.717) is 5.75 Å². The van der Waals surface area contributed by atoms with E-state index in [1.54, 1.807) is 12.1 Å². The van der Waals surface area contributed by atoms with Crippen molar-refractivity contribution in [2.45, 2.75) is 31.8 Å². The van der Waals surface area contributed by atoms with E-state index in [1.807, 2.05) is 13.0 Å². The van der Waals surface area contributed by atoms with Crippen molar-refractivity contribution in [3.05, 3.63) is 29.8 Å². The van der Waals surface area contributed by atoms with Crippen molar-refractivity contribution in [1.82, 2.24) is 0 Å². The summed E-state index contributed by atoms with van der Waals surface area (Å²) in [6, 6.07) is 8.30. The molecule has 14 heavy (non-hydrogen) atoms. The second-order valence-corrected chi connectivity index (χ2v) is 3.73. The van der Waals surface area contributed by atoms with Gasteiger partial charge in [0.05, 0.1) is 0 Å². The highest BCUT2D eigenvalue weighted by atomic mass is 19.3. The van der Waals surface area contributed by atoms with E-state index in [1.165, 1.54) is 0 Å². The Morgan fingerprint density at radius 2 is 2.21 bits per heavy atom. The van der Waals surface area contributed by atoms with Gasteiger partial charge in [-0.15, -0.1) is 0 Å². The standard InChI is InChI=1S/C11H11F2O/c1-8-3-2-4-9(5-8)14-10-6-11(12,13)7-10/h2-3,5,10H,6-7H2,1H3. The fourth-order valence-corrected chi connectivity index (χ4v) is 1.49. The summed E-state index contributed by atoms with van der Waals surface area (Å²) in [4.78, 5) is 0. The lowest BCUT2D eigenvalue weighted by Crippen LogP contribution is -2.43. The molecule has 0 spiro atoms. The van der Waals surface area contributed by atoms with Gasteiger partial charge in [-0.05, 0) is 18.6 Å². The molecular weight excluding hydrogens is 186 g/mol. The van der Waals surface area contributed by atoms with Crippen LogP contribution in [-0.2, 0) is 0 Å². The van der Waals surface area contributed by atoms with Gasteiger partial charge in [0.15, 0.2) is 0 Å². The topological polar surface area (TPSA) is 9.23 Å². The summed E-state index contributed by atoms with van der Waals surface area (Å²) in [6.07, 6.45) is -0.688. The Labute approximate surface area is 81.7 Å². The monoisotopic (exact) mass is 197 g/mol. The molecule has 0 amide bonds. The number of aryl methyl sites for hydroxylation is 1. The first kappa shape index (κ1) is 9.44. The van der Waals surface area contributed by atoms with Crippen LogP contribution in [-0.4, -0.2) is 12.0 Å². The lowest BCUT2D eigenvalue weighted by Gasteiger charge is -2.34. The average molecular weight is 197 g/mol. The first-order chi connectivity index (χ1) is 6.55.